The van der Waals surface area contributed by atoms with Gasteiger partial charge in [-0.15, -0.1) is 13.2 Å². The van der Waals surface area contributed by atoms with Crippen LogP contribution in [0.1, 0.15) is 24.4 Å². The zero-order valence-corrected chi connectivity index (χ0v) is 11.7. The smallest absolute Gasteiger partial charge is 0.469 e. The van der Waals surface area contributed by atoms with Gasteiger partial charge in [0.25, 0.3) is 0 Å². The van der Waals surface area contributed by atoms with E-state index in [0.29, 0.717) is 25.5 Å². The monoisotopic (exact) mass is 321 g/mol. The Hall–Kier alpha value is -1.83. The summed E-state index contributed by atoms with van der Waals surface area (Å²) in [6, 6.07) is 2.51. The van der Waals surface area contributed by atoms with Gasteiger partial charge in [-0.1, -0.05) is 6.07 Å². The highest BCUT2D eigenvalue weighted by Crippen LogP contribution is 2.32. The minimum Gasteiger partial charge on any atom is -0.469 e. The zero-order chi connectivity index (χ0) is 16.3. The second-order valence-corrected chi connectivity index (χ2v) is 4.98. The third-order valence-corrected chi connectivity index (χ3v) is 3.52. The maximum Gasteiger partial charge on any atom is 0.573 e. The van der Waals surface area contributed by atoms with Crippen LogP contribution in [0.3, 0.4) is 0 Å². The summed E-state index contributed by atoms with van der Waals surface area (Å²) in [5.41, 5.74) is 0.197. The molecule has 2 rings (SSSR count). The largest absolute Gasteiger partial charge is 0.573 e. The molecule has 1 aromatic carbocycles. The quantitative estimate of drug-likeness (QED) is 0.687. The van der Waals surface area contributed by atoms with Crippen molar-refractivity contribution in [2.24, 2.45) is 5.92 Å². The van der Waals surface area contributed by atoms with Crippen LogP contribution in [0.4, 0.5) is 17.6 Å². The average Bonchev–Trinajstić information content (AvgIpc) is 2.45. The number of methoxy groups -OCH3 is 1. The number of ether oxygens (including phenoxy) is 2. The molecule has 2 atom stereocenters. The summed E-state index contributed by atoms with van der Waals surface area (Å²) in [5, 5.41) is 3.04. The number of nitrogens with one attached hydrogen (secondary N) is 1. The molecule has 2 unspecified atom stereocenters. The average molecular weight is 321 g/mol. The van der Waals surface area contributed by atoms with Crippen LogP contribution in [0.5, 0.6) is 5.75 Å². The number of carbonyl (C=O) groups excluding carboxylic acids is 1. The predicted octanol–water partition coefficient (Wildman–Crippen LogP) is 2.94. The molecule has 4 nitrogen and oxygen atoms in total. The molecule has 1 heterocycles. The van der Waals surface area contributed by atoms with Crippen LogP contribution in [0.15, 0.2) is 18.2 Å². The molecule has 1 saturated heterocycles. The Morgan fingerprint density at radius 1 is 1.36 bits per heavy atom. The first-order chi connectivity index (χ1) is 10.3. The molecule has 0 aromatic heterocycles. The lowest BCUT2D eigenvalue weighted by Gasteiger charge is -2.29. The third-order valence-electron chi connectivity index (χ3n) is 3.52. The molecule has 1 N–H and O–H groups in total. The van der Waals surface area contributed by atoms with E-state index in [0.717, 1.165) is 6.07 Å². The van der Waals surface area contributed by atoms with E-state index >= 15 is 0 Å². The van der Waals surface area contributed by atoms with Crippen LogP contribution in [-0.4, -0.2) is 26.0 Å². The number of piperidine rings is 1. The predicted molar refractivity (Wildman–Crippen MR) is 68.6 cm³/mol. The van der Waals surface area contributed by atoms with Gasteiger partial charge >= 0.3 is 12.3 Å². The van der Waals surface area contributed by atoms with Crippen LogP contribution in [0, 0.1) is 11.7 Å². The van der Waals surface area contributed by atoms with Gasteiger partial charge in [0.1, 0.15) is 11.6 Å². The Morgan fingerprint density at radius 3 is 2.68 bits per heavy atom. The van der Waals surface area contributed by atoms with E-state index in [1.165, 1.54) is 13.2 Å². The van der Waals surface area contributed by atoms with Crippen molar-refractivity contribution in [3.05, 3.63) is 29.6 Å². The fourth-order valence-electron chi connectivity index (χ4n) is 2.52. The summed E-state index contributed by atoms with van der Waals surface area (Å²) >= 11 is 0. The summed E-state index contributed by atoms with van der Waals surface area (Å²) in [5.74, 6) is -2.16. The van der Waals surface area contributed by atoms with E-state index < -0.39 is 24.0 Å². The van der Waals surface area contributed by atoms with Crippen LogP contribution in [0.2, 0.25) is 0 Å². The number of alkyl halides is 3. The van der Waals surface area contributed by atoms with Gasteiger partial charge < -0.3 is 14.8 Å². The number of rotatable bonds is 3. The number of benzene rings is 1. The number of hydrogen-bond donors (Lipinski definition) is 1. The van der Waals surface area contributed by atoms with Gasteiger partial charge in [0.15, 0.2) is 0 Å². The van der Waals surface area contributed by atoms with Crippen LogP contribution in [0.25, 0.3) is 0 Å². The first kappa shape index (κ1) is 16.5. The zero-order valence-electron chi connectivity index (χ0n) is 11.7. The lowest BCUT2D eigenvalue weighted by Crippen LogP contribution is -2.35. The molecule has 1 fully saturated rings. The van der Waals surface area contributed by atoms with Crippen molar-refractivity contribution in [1.29, 1.82) is 0 Å². The van der Waals surface area contributed by atoms with E-state index in [4.69, 9.17) is 0 Å². The fraction of sp³-hybridized carbons (Fsp3) is 0.500. The highest BCUT2D eigenvalue weighted by molar-refractivity contribution is 5.72. The molecule has 0 bridgehead atoms. The van der Waals surface area contributed by atoms with Gasteiger partial charge in [0, 0.05) is 17.7 Å². The molecular weight excluding hydrogens is 306 g/mol. The highest BCUT2D eigenvalue weighted by atomic mass is 19.4. The molecule has 22 heavy (non-hydrogen) atoms. The van der Waals surface area contributed by atoms with E-state index in [-0.39, 0.29) is 17.5 Å². The molecule has 1 aromatic rings. The molecule has 0 aliphatic carbocycles. The fourth-order valence-corrected chi connectivity index (χ4v) is 2.52. The molecule has 0 saturated carbocycles. The number of halogens is 4. The lowest BCUT2D eigenvalue weighted by molar-refractivity contribution is -0.274. The molecule has 0 amide bonds. The third kappa shape index (κ3) is 4.09. The van der Waals surface area contributed by atoms with E-state index in [2.05, 4.69) is 14.8 Å². The number of hydrogen-bond acceptors (Lipinski definition) is 4. The summed E-state index contributed by atoms with van der Waals surface area (Å²) in [7, 11) is 1.28. The Kier molecular flexibility index (Phi) is 4.90. The summed E-state index contributed by atoms with van der Waals surface area (Å²) in [6.45, 7) is 0.491. The van der Waals surface area contributed by atoms with Crippen LogP contribution >= 0.6 is 0 Å². The first-order valence-electron chi connectivity index (χ1n) is 6.66. The van der Waals surface area contributed by atoms with E-state index in [9.17, 15) is 22.4 Å². The maximum absolute atomic E-state index is 14.0. The van der Waals surface area contributed by atoms with Crippen molar-refractivity contribution >= 4 is 5.97 Å². The Labute approximate surface area is 124 Å². The van der Waals surface area contributed by atoms with Crippen molar-refractivity contribution in [3.8, 4) is 5.75 Å². The summed E-state index contributed by atoms with van der Waals surface area (Å²) < 4.78 is 58.7. The maximum atomic E-state index is 14.0. The molecule has 0 radical (unpaired) electrons. The van der Waals surface area contributed by atoms with Crippen molar-refractivity contribution in [2.45, 2.75) is 25.2 Å². The van der Waals surface area contributed by atoms with Gasteiger partial charge in [-0.05, 0) is 25.5 Å². The standard InChI is InChI=1S/C14H15F4NO3/c1-21-13(20)8-4-5-19-12(6-8)10-3-2-9(7-11(10)15)22-14(16,17)18/h2-3,7-8,12,19H,4-6H2,1H3. The minimum absolute atomic E-state index is 0.197. The molecule has 0 spiro atoms. The topological polar surface area (TPSA) is 47.6 Å². The summed E-state index contributed by atoms with van der Waals surface area (Å²) in [4.78, 5) is 11.6. The van der Waals surface area contributed by atoms with Crippen molar-refractivity contribution in [2.75, 3.05) is 13.7 Å². The van der Waals surface area contributed by atoms with Crippen LogP contribution in [-0.2, 0) is 9.53 Å². The Bertz CT molecular complexity index is 547. The normalized spacial score (nSPS) is 22.2. The molecule has 122 valence electrons. The second kappa shape index (κ2) is 6.51. The van der Waals surface area contributed by atoms with Gasteiger partial charge in [-0.25, -0.2) is 4.39 Å². The van der Waals surface area contributed by atoms with Gasteiger partial charge in [0.05, 0.1) is 13.0 Å². The van der Waals surface area contributed by atoms with Crippen molar-refractivity contribution in [1.82, 2.24) is 5.32 Å². The van der Waals surface area contributed by atoms with Crippen LogP contribution < -0.4 is 10.1 Å². The van der Waals surface area contributed by atoms with E-state index in [1.54, 1.807) is 0 Å². The summed E-state index contributed by atoms with van der Waals surface area (Å²) in [6.07, 6.45) is -3.98. The second-order valence-electron chi connectivity index (χ2n) is 4.98. The molecule has 1 aliphatic rings. The van der Waals surface area contributed by atoms with Crippen molar-refractivity contribution < 1.29 is 31.8 Å². The first-order valence-corrected chi connectivity index (χ1v) is 6.66. The minimum atomic E-state index is -4.87. The highest BCUT2D eigenvalue weighted by Gasteiger charge is 2.33. The SMILES string of the molecule is COC(=O)C1CCNC(c2ccc(OC(F)(F)F)cc2F)C1. The number of carbonyl (C=O) groups is 1. The molecule has 8 heteroatoms. The molecule has 1 aliphatic heterocycles. The van der Waals surface area contributed by atoms with Gasteiger partial charge in [0.2, 0.25) is 0 Å². The lowest BCUT2D eigenvalue weighted by atomic mass is 9.88. The van der Waals surface area contributed by atoms with Gasteiger partial charge in [-0.2, -0.15) is 0 Å². The van der Waals surface area contributed by atoms with Crippen molar-refractivity contribution in [3.63, 3.8) is 0 Å². The Morgan fingerprint density at radius 2 is 2.09 bits per heavy atom. The molecular formula is C14H15F4NO3. The number of esters is 1. The van der Waals surface area contributed by atoms with E-state index in [1.807, 2.05) is 0 Å². The Balaban J connectivity index is 2.13. The van der Waals surface area contributed by atoms with Gasteiger partial charge in [-0.3, -0.25) is 4.79 Å².